The molecule has 2 rings (SSSR count). The van der Waals surface area contributed by atoms with Crippen LogP contribution >= 0.6 is 11.5 Å². The van der Waals surface area contributed by atoms with Crippen molar-refractivity contribution >= 4 is 16.7 Å². The molecule has 18 heavy (non-hydrogen) atoms. The van der Waals surface area contributed by atoms with Crippen LogP contribution in [0.25, 0.3) is 0 Å². The van der Waals surface area contributed by atoms with Crippen LogP contribution in [0, 0.1) is 0 Å². The van der Waals surface area contributed by atoms with Crippen LogP contribution in [0.15, 0.2) is 30.3 Å². The zero-order valence-electron chi connectivity index (χ0n) is 10.3. The molecule has 0 radical (unpaired) electrons. The SMILES string of the molecule is NCCCCNc1nc(Cc2ccccc2)ns1. The number of benzene rings is 1. The molecular weight excluding hydrogens is 244 g/mol. The van der Waals surface area contributed by atoms with Crippen LogP contribution in [0.4, 0.5) is 5.13 Å². The number of nitrogens with one attached hydrogen (secondary N) is 1. The largest absolute Gasteiger partial charge is 0.360 e. The lowest BCUT2D eigenvalue weighted by atomic mass is 10.1. The summed E-state index contributed by atoms with van der Waals surface area (Å²) in [5.41, 5.74) is 6.69. The molecule has 2 aromatic rings. The van der Waals surface area contributed by atoms with Gasteiger partial charge in [0.1, 0.15) is 5.82 Å². The second kappa shape index (κ2) is 7.08. The van der Waals surface area contributed by atoms with Crippen LogP contribution in [0.5, 0.6) is 0 Å². The van der Waals surface area contributed by atoms with E-state index in [0.717, 1.165) is 43.3 Å². The minimum Gasteiger partial charge on any atom is -0.360 e. The van der Waals surface area contributed by atoms with Crippen molar-refractivity contribution in [2.24, 2.45) is 5.73 Å². The minimum atomic E-state index is 0.747. The number of aromatic nitrogens is 2. The van der Waals surface area contributed by atoms with Gasteiger partial charge in [-0.05, 0) is 24.9 Å². The normalized spacial score (nSPS) is 10.5. The predicted octanol–water partition coefficient (Wildman–Crippen LogP) is 2.28. The number of nitrogens with two attached hydrogens (primary N) is 1. The average molecular weight is 262 g/mol. The zero-order chi connectivity index (χ0) is 12.6. The molecule has 0 amide bonds. The molecule has 1 aromatic carbocycles. The third-order valence-corrected chi connectivity index (χ3v) is 3.29. The highest BCUT2D eigenvalue weighted by atomic mass is 32.1. The van der Waals surface area contributed by atoms with Crippen LogP contribution in [-0.4, -0.2) is 22.4 Å². The second-order valence-corrected chi connectivity index (χ2v) is 4.85. The molecule has 0 aliphatic carbocycles. The molecule has 0 atom stereocenters. The summed E-state index contributed by atoms with van der Waals surface area (Å²) in [6, 6.07) is 10.3. The molecule has 0 aliphatic heterocycles. The van der Waals surface area contributed by atoms with Gasteiger partial charge in [-0.3, -0.25) is 0 Å². The molecule has 0 unspecified atom stereocenters. The Kier molecular flexibility index (Phi) is 5.11. The van der Waals surface area contributed by atoms with Gasteiger partial charge in [0.05, 0.1) is 0 Å². The van der Waals surface area contributed by atoms with Gasteiger partial charge in [-0.2, -0.15) is 4.37 Å². The summed E-state index contributed by atoms with van der Waals surface area (Å²) in [6.45, 7) is 1.66. The van der Waals surface area contributed by atoms with Crippen molar-refractivity contribution in [2.45, 2.75) is 19.3 Å². The molecule has 5 heteroatoms. The van der Waals surface area contributed by atoms with Gasteiger partial charge < -0.3 is 11.1 Å². The first kappa shape index (κ1) is 13.0. The van der Waals surface area contributed by atoms with Gasteiger partial charge >= 0.3 is 0 Å². The van der Waals surface area contributed by atoms with Crippen molar-refractivity contribution in [3.63, 3.8) is 0 Å². The molecule has 0 bridgehead atoms. The fourth-order valence-electron chi connectivity index (χ4n) is 1.64. The maximum Gasteiger partial charge on any atom is 0.202 e. The minimum absolute atomic E-state index is 0.747. The quantitative estimate of drug-likeness (QED) is 0.751. The van der Waals surface area contributed by atoms with E-state index in [-0.39, 0.29) is 0 Å². The summed E-state index contributed by atoms with van der Waals surface area (Å²) in [7, 11) is 0. The number of hydrogen-bond donors (Lipinski definition) is 2. The predicted molar refractivity (Wildman–Crippen MR) is 75.9 cm³/mol. The van der Waals surface area contributed by atoms with Gasteiger partial charge in [0.25, 0.3) is 0 Å². The van der Waals surface area contributed by atoms with Gasteiger partial charge in [0.15, 0.2) is 0 Å². The van der Waals surface area contributed by atoms with E-state index in [1.54, 1.807) is 0 Å². The Morgan fingerprint density at radius 2 is 2.00 bits per heavy atom. The summed E-state index contributed by atoms with van der Waals surface area (Å²) in [5, 5.41) is 4.18. The van der Waals surface area contributed by atoms with E-state index in [2.05, 4.69) is 26.8 Å². The van der Waals surface area contributed by atoms with Crippen molar-refractivity contribution in [3.8, 4) is 0 Å². The molecule has 0 aliphatic rings. The standard InChI is InChI=1S/C13H18N4S/c14-8-4-5-9-15-13-16-12(17-18-13)10-11-6-2-1-3-7-11/h1-3,6-7H,4-5,8-10,14H2,(H,15,16,17). The maximum atomic E-state index is 5.44. The lowest BCUT2D eigenvalue weighted by molar-refractivity contribution is 0.773. The summed E-state index contributed by atoms with van der Waals surface area (Å²) < 4.78 is 4.35. The van der Waals surface area contributed by atoms with Crippen molar-refractivity contribution < 1.29 is 0 Å². The molecule has 1 aromatic heterocycles. The van der Waals surface area contributed by atoms with E-state index in [1.165, 1.54) is 17.1 Å². The first-order chi connectivity index (χ1) is 8.88. The molecule has 0 saturated carbocycles. The molecule has 0 fully saturated rings. The number of hydrogen-bond acceptors (Lipinski definition) is 5. The van der Waals surface area contributed by atoms with Crippen LogP contribution in [0.3, 0.4) is 0 Å². The average Bonchev–Trinajstić information content (AvgIpc) is 2.84. The Balaban J connectivity index is 1.83. The lowest BCUT2D eigenvalue weighted by Gasteiger charge is -1.99. The van der Waals surface area contributed by atoms with Crippen LogP contribution in [0.2, 0.25) is 0 Å². The van der Waals surface area contributed by atoms with Gasteiger partial charge in [-0.15, -0.1) is 0 Å². The number of unbranched alkanes of at least 4 members (excludes halogenated alkanes) is 1. The molecule has 96 valence electrons. The highest BCUT2D eigenvalue weighted by molar-refractivity contribution is 7.09. The lowest BCUT2D eigenvalue weighted by Crippen LogP contribution is -2.05. The zero-order valence-corrected chi connectivity index (χ0v) is 11.1. The Hall–Kier alpha value is -1.46. The Bertz CT molecular complexity index is 455. The van der Waals surface area contributed by atoms with Crippen LogP contribution < -0.4 is 11.1 Å². The van der Waals surface area contributed by atoms with Crippen LogP contribution in [-0.2, 0) is 6.42 Å². The van der Waals surface area contributed by atoms with Crippen molar-refractivity contribution in [1.82, 2.24) is 9.36 Å². The monoisotopic (exact) mass is 262 g/mol. The van der Waals surface area contributed by atoms with Crippen molar-refractivity contribution in [1.29, 1.82) is 0 Å². The molecule has 3 N–H and O–H groups in total. The number of nitrogens with zero attached hydrogens (tertiary/aromatic N) is 2. The van der Waals surface area contributed by atoms with Gasteiger partial charge in [-0.25, -0.2) is 4.98 Å². The highest BCUT2D eigenvalue weighted by Gasteiger charge is 2.04. The Morgan fingerprint density at radius 3 is 2.78 bits per heavy atom. The van der Waals surface area contributed by atoms with Crippen molar-refractivity contribution in [3.05, 3.63) is 41.7 Å². The highest BCUT2D eigenvalue weighted by Crippen LogP contribution is 2.14. The van der Waals surface area contributed by atoms with Gasteiger partial charge in [0, 0.05) is 24.5 Å². The Labute approximate surface area is 111 Å². The van der Waals surface area contributed by atoms with Crippen molar-refractivity contribution in [2.75, 3.05) is 18.4 Å². The third kappa shape index (κ3) is 4.09. The first-order valence-electron chi connectivity index (χ1n) is 6.19. The van der Waals surface area contributed by atoms with Gasteiger partial charge in [0.2, 0.25) is 5.13 Å². The van der Waals surface area contributed by atoms with E-state index in [1.807, 2.05) is 18.2 Å². The Morgan fingerprint density at radius 1 is 1.17 bits per heavy atom. The summed E-state index contributed by atoms with van der Waals surface area (Å²) in [4.78, 5) is 4.47. The third-order valence-electron chi connectivity index (χ3n) is 2.58. The summed E-state index contributed by atoms with van der Waals surface area (Å²) >= 11 is 1.42. The molecule has 1 heterocycles. The first-order valence-corrected chi connectivity index (χ1v) is 6.96. The van der Waals surface area contributed by atoms with Gasteiger partial charge in [-0.1, -0.05) is 30.3 Å². The van der Waals surface area contributed by atoms with Crippen LogP contribution in [0.1, 0.15) is 24.2 Å². The summed E-state index contributed by atoms with van der Waals surface area (Å²) in [5.74, 6) is 0.882. The van der Waals surface area contributed by atoms with E-state index in [9.17, 15) is 0 Å². The second-order valence-electron chi connectivity index (χ2n) is 4.10. The van der Waals surface area contributed by atoms with E-state index < -0.39 is 0 Å². The molecule has 4 nitrogen and oxygen atoms in total. The van der Waals surface area contributed by atoms with E-state index >= 15 is 0 Å². The van der Waals surface area contributed by atoms with E-state index in [0.29, 0.717) is 0 Å². The number of rotatable bonds is 7. The summed E-state index contributed by atoms with van der Waals surface area (Å²) in [6.07, 6.45) is 2.91. The van der Waals surface area contributed by atoms with E-state index in [4.69, 9.17) is 5.73 Å². The number of anilines is 1. The molecule has 0 spiro atoms. The molecule has 0 saturated heterocycles. The maximum absolute atomic E-state index is 5.44. The fourth-order valence-corrected chi connectivity index (χ4v) is 2.25. The topological polar surface area (TPSA) is 63.8 Å². The molecular formula is C13H18N4S. The fraction of sp³-hybridized carbons (Fsp3) is 0.385. The smallest absolute Gasteiger partial charge is 0.202 e.